The molecule has 0 spiro atoms. The topological polar surface area (TPSA) is 76.7 Å². The maximum Gasteiger partial charge on any atom is 0.262 e. The van der Waals surface area contributed by atoms with Crippen molar-refractivity contribution in [1.29, 1.82) is 0 Å². The second-order valence-electron chi connectivity index (χ2n) is 5.70. The summed E-state index contributed by atoms with van der Waals surface area (Å²) in [6, 6.07) is 13.7. The van der Waals surface area contributed by atoms with Crippen molar-refractivity contribution in [2.45, 2.75) is 19.8 Å². The summed E-state index contributed by atoms with van der Waals surface area (Å²) in [6.07, 6.45) is 1.98. The van der Waals surface area contributed by atoms with Gasteiger partial charge in [-0.05, 0) is 55.0 Å². The highest BCUT2D eigenvalue weighted by atomic mass is 16.5. The number of hydrogen-bond acceptors (Lipinski definition) is 4. The minimum Gasteiger partial charge on any atom is -0.497 e. The second-order valence-corrected chi connectivity index (χ2v) is 5.70. The van der Waals surface area contributed by atoms with Gasteiger partial charge in [-0.1, -0.05) is 13.3 Å². The molecule has 138 valence electrons. The van der Waals surface area contributed by atoms with E-state index in [2.05, 4.69) is 17.6 Å². The number of ether oxygens (including phenoxy) is 2. The molecule has 0 saturated heterocycles. The van der Waals surface area contributed by atoms with Gasteiger partial charge in [0.05, 0.1) is 7.11 Å². The Hall–Kier alpha value is -3.02. The fourth-order valence-corrected chi connectivity index (χ4v) is 2.20. The molecule has 0 aliphatic heterocycles. The highest BCUT2D eigenvalue weighted by Crippen LogP contribution is 2.17. The zero-order valence-corrected chi connectivity index (χ0v) is 15.1. The third-order valence-electron chi connectivity index (χ3n) is 3.68. The highest BCUT2D eigenvalue weighted by Gasteiger charge is 2.07. The molecule has 0 saturated carbocycles. The van der Waals surface area contributed by atoms with Gasteiger partial charge >= 0.3 is 0 Å². The van der Waals surface area contributed by atoms with Crippen molar-refractivity contribution in [2.24, 2.45) is 0 Å². The predicted molar refractivity (Wildman–Crippen MR) is 101 cm³/mol. The monoisotopic (exact) mass is 356 g/mol. The van der Waals surface area contributed by atoms with E-state index in [1.807, 2.05) is 0 Å². The molecule has 6 nitrogen and oxygen atoms in total. The van der Waals surface area contributed by atoms with Crippen molar-refractivity contribution >= 4 is 17.5 Å². The van der Waals surface area contributed by atoms with Crippen LogP contribution in [-0.4, -0.2) is 32.1 Å². The molecule has 6 heteroatoms. The van der Waals surface area contributed by atoms with Gasteiger partial charge in [-0.25, -0.2) is 0 Å². The summed E-state index contributed by atoms with van der Waals surface area (Å²) in [5, 5.41) is 5.58. The van der Waals surface area contributed by atoms with E-state index >= 15 is 0 Å². The molecule has 0 aromatic heterocycles. The Kier molecular flexibility index (Phi) is 7.49. The van der Waals surface area contributed by atoms with Gasteiger partial charge < -0.3 is 20.1 Å². The van der Waals surface area contributed by atoms with Gasteiger partial charge in [0, 0.05) is 17.8 Å². The molecule has 2 aromatic carbocycles. The number of methoxy groups -OCH3 is 1. The zero-order valence-electron chi connectivity index (χ0n) is 15.1. The van der Waals surface area contributed by atoms with Crippen LogP contribution in [0.5, 0.6) is 11.5 Å². The van der Waals surface area contributed by atoms with Crippen LogP contribution in [0.2, 0.25) is 0 Å². The van der Waals surface area contributed by atoms with Gasteiger partial charge in [0.25, 0.3) is 11.8 Å². The molecule has 2 rings (SSSR count). The van der Waals surface area contributed by atoms with Crippen LogP contribution in [0.25, 0.3) is 0 Å². The molecule has 2 amide bonds. The fraction of sp³-hybridized carbons (Fsp3) is 0.300. The van der Waals surface area contributed by atoms with Gasteiger partial charge in [-0.15, -0.1) is 0 Å². The van der Waals surface area contributed by atoms with Crippen molar-refractivity contribution in [3.8, 4) is 11.5 Å². The molecule has 26 heavy (non-hydrogen) atoms. The van der Waals surface area contributed by atoms with Crippen molar-refractivity contribution in [1.82, 2.24) is 5.32 Å². The lowest BCUT2D eigenvalue weighted by Crippen LogP contribution is -2.24. The van der Waals surface area contributed by atoms with Gasteiger partial charge in [-0.2, -0.15) is 0 Å². The number of anilines is 1. The Morgan fingerprint density at radius 3 is 2.23 bits per heavy atom. The fourth-order valence-electron chi connectivity index (χ4n) is 2.20. The lowest BCUT2D eigenvalue weighted by atomic mass is 10.2. The number of unbranched alkanes of at least 4 members (excludes halogenated alkanes) is 1. The molecule has 2 aromatic rings. The average molecular weight is 356 g/mol. The maximum atomic E-state index is 12.0. The molecule has 0 heterocycles. The van der Waals surface area contributed by atoms with Gasteiger partial charge in [0.1, 0.15) is 11.5 Å². The van der Waals surface area contributed by atoms with E-state index in [0.717, 1.165) is 18.6 Å². The molecule has 0 atom stereocenters. The Morgan fingerprint density at radius 2 is 1.62 bits per heavy atom. The summed E-state index contributed by atoms with van der Waals surface area (Å²) in [7, 11) is 1.59. The van der Waals surface area contributed by atoms with E-state index in [9.17, 15) is 9.59 Å². The van der Waals surface area contributed by atoms with E-state index in [1.54, 1.807) is 55.6 Å². The van der Waals surface area contributed by atoms with E-state index in [4.69, 9.17) is 9.47 Å². The number of amides is 2. The van der Waals surface area contributed by atoms with Crippen molar-refractivity contribution in [2.75, 3.05) is 25.6 Å². The van der Waals surface area contributed by atoms with Crippen LogP contribution in [0.1, 0.15) is 30.1 Å². The van der Waals surface area contributed by atoms with Crippen LogP contribution in [0.3, 0.4) is 0 Å². The van der Waals surface area contributed by atoms with Crippen LogP contribution in [-0.2, 0) is 4.79 Å². The smallest absolute Gasteiger partial charge is 0.262 e. The Bertz CT molecular complexity index is 712. The molecule has 0 fully saturated rings. The minimum atomic E-state index is -0.277. The number of carbonyl (C=O) groups is 2. The molecule has 0 radical (unpaired) electrons. The van der Waals surface area contributed by atoms with E-state index in [1.165, 1.54) is 0 Å². The number of nitrogens with one attached hydrogen (secondary N) is 2. The first-order valence-corrected chi connectivity index (χ1v) is 8.57. The standard InChI is InChI=1S/C20H24N2O4/c1-3-4-13-21-20(24)15-5-7-16(8-6-15)22-19(23)14-26-18-11-9-17(25-2)10-12-18/h5-12H,3-4,13-14H2,1-2H3,(H,21,24)(H,22,23). The van der Waals surface area contributed by atoms with E-state index in [0.29, 0.717) is 23.5 Å². The highest BCUT2D eigenvalue weighted by molar-refractivity contribution is 5.96. The summed E-state index contributed by atoms with van der Waals surface area (Å²) in [5.74, 6) is 0.917. The maximum absolute atomic E-state index is 12.0. The summed E-state index contributed by atoms with van der Waals surface area (Å²) in [5.41, 5.74) is 1.17. The molecule has 0 aliphatic carbocycles. The minimum absolute atomic E-state index is 0.106. The lowest BCUT2D eigenvalue weighted by molar-refractivity contribution is -0.118. The number of hydrogen-bond donors (Lipinski definition) is 2. The van der Waals surface area contributed by atoms with Crippen molar-refractivity contribution < 1.29 is 19.1 Å². The SMILES string of the molecule is CCCCNC(=O)c1ccc(NC(=O)COc2ccc(OC)cc2)cc1. The molecule has 0 bridgehead atoms. The van der Waals surface area contributed by atoms with Gasteiger partial charge in [-0.3, -0.25) is 9.59 Å². The number of carbonyl (C=O) groups excluding carboxylic acids is 2. The summed E-state index contributed by atoms with van der Waals surface area (Å²) < 4.78 is 10.5. The Morgan fingerprint density at radius 1 is 0.962 bits per heavy atom. The van der Waals surface area contributed by atoms with Crippen LogP contribution in [0.15, 0.2) is 48.5 Å². The first-order chi connectivity index (χ1) is 12.6. The number of benzene rings is 2. The van der Waals surface area contributed by atoms with Gasteiger partial charge in [0.2, 0.25) is 0 Å². The molecule has 2 N–H and O–H groups in total. The third kappa shape index (κ3) is 6.12. The first-order valence-electron chi connectivity index (χ1n) is 8.57. The van der Waals surface area contributed by atoms with Crippen LogP contribution in [0.4, 0.5) is 5.69 Å². The summed E-state index contributed by atoms with van der Waals surface area (Å²) in [4.78, 5) is 23.9. The molecule has 0 unspecified atom stereocenters. The Balaban J connectivity index is 1.80. The largest absolute Gasteiger partial charge is 0.497 e. The molecule has 0 aliphatic rings. The molecular formula is C20H24N2O4. The van der Waals surface area contributed by atoms with Crippen LogP contribution in [0, 0.1) is 0 Å². The predicted octanol–water partition coefficient (Wildman–Crippen LogP) is 3.24. The van der Waals surface area contributed by atoms with Crippen molar-refractivity contribution in [3.63, 3.8) is 0 Å². The second kappa shape index (κ2) is 10.1. The normalized spacial score (nSPS) is 10.1. The van der Waals surface area contributed by atoms with E-state index in [-0.39, 0.29) is 18.4 Å². The Labute approximate surface area is 153 Å². The summed E-state index contributed by atoms with van der Waals surface area (Å²) in [6.45, 7) is 2.63. The van der Waals surface area contributed by atoms with Crippen LogP contribution >= 0.6 is 0 Å². The third-order valence-corrected chi connectivity index (χ3v) is 3.68. The quantitative estimate of drug-likeness (QED) is 0.676. The van der Waals surface area contributed by atoms with E-state index < -0.39 is 0 Å². The molecular weight excluding hydrogens is 332 g/mol. The zero-order chi connectivity index (χ0) is 18.8. The van der Waals surface area contributed by atoms with Crippen LogP contribution < -0.4 is 20.1 Å². The lowest BCUT2D eigenvalue weighted by Gasteiger charge is -2.09. The van der Waals surface area contributed by atoms with Crippen molar-refractivity contribution in [3.05, 3.63) is 54.1 Å². The number of rotatable bonds is 9. The first kappa shape index (κ1) is 19.3. The summed E-state index contributed by atoms with van der Waals surface area (Å²) >= 11 is 0. The average Bonchev–Trinajstić information content (AvgIpc) is 2.67. The van der Waals surface area contributed by atoms with Gasteiger partial charge in [0.15, 0.2) is 6.61 Å².